The van der Waals surface area contributed by atoms with Crippen LogP contribution in [0.25, 0.3) is 0 Å². The zero-order chi connectivity index (χ0) is 32.2. The van der Waals surface area contributed by atoms with Crippen molar-refractivity contribution in [3.8, 4) is 0 Å². The highest BCUT2D eigenvalue weighted by Crippen LogP contribution is 2.29. The smallest absolute Gasteiger partial charge is 0.336 e. The minimum Gasteiger partial charge on any atom is -0.478 e. The molecule has 0 radical (unpaired) electrons. The Hall–Kier alpha value is -4.30. The summed E-state index contributed by atoms with van der Waals surface area (Å²) < 4.78 is 12.3. The van der Waals surface area contributed by atoms with Crippen LogP contribution in [0.3, 0.4) is 0 Å². The fraction of sp³-hybridized carbons (Fsp3) is 0.417. The number of aliphatic imine (C=N–C) groups is 1. The first-order chi connectivity index (χ1) is 21.8. The second kappa shape index (κ2) is 16.7. The van der Waals surface area contributed by atoms with Crippen molar-refractivity contribution < 1.29 is 29.0 Å². The van der Waals surface area contributed by atoms with Crippen LogP contribution in [-0.2, 0) is 20.9 Å². The number of aromatic carboxylic acids is 1. The standard InChI is InChI=1S/C28H36N2O5.C8H7NO/c1-19-7-3-4-12-25(19)29-28(33)30(22-13-14-22)15-16-34-23-10-6-11-24(17-23)35-18-21-9-5-8-20(2)26(21)27(31)32;1-7-4-2-3-5-8(7)9-6-10/h3-5,7-9,12,22-24H,6,10-11,13-18H2,1-2H3,(H,29,33)(H,31,32);2-5H,1H3. The summed E-state index contributed by atoms with van der Waals surface area (Å²) in [7, 11) is 0. The molecule has 2 amide bonds. The van der Waals surface area contributed by atoms with Gasteiger partial charge in [0.25, 0.3) is 0 Å². The second-order valence-corrected chi connectivity index (χ2v) is 11.7. The van der Waals surface area contributed by atoms with Crippen LogP contribution in [0, 0.1) is 20.8 Å². The summed E-state index contributed by atoms with van der Waals surface area (Å²) in [6.45, 7) is 7.05. The highest BCUT2D eigenvalue weighted by Gasteiger charge is 2.33. The summed E-state index contributed by atoms with van der Waals surface area (Å²) in [4.78, 5) is 39.8. The molecule has 0 saturated heterocycles. The third kappa shape index (κ3) is 10.1. The zero-order valence-electron chi connectivity index (χ0n) is 26.3. The molecule has 9 heteroatoms. The van der Waals surface area contributed by atoms with E-state index in [0.717, 1.165) is 60.9 Å². The van der Waals surface area contributed by atoms with Crippen molar-refractivity contribution in [2.24, 2.45) is 4.99 Å². The Morgan fingerprint density at radius 1 is 0.889 bits per heavy atom. The van der Waals surface area contributed by atoms with Gasteiger partial charge in [0.1, 0.15) is 0 Å². The van der Waals surface area contributed by atoms with Gasteiger partial charge in [-0.2, -0.15) is 4.99 Å². The molecule has 3 aromatic carbocycles. The highest BCUT2D eigenvalue weighted by atomic mass is 16.5. The van der Waals surface area contributed by atoms with Crippen LogP contribution >= 0.6 is 0 Å². The molecule has 2 aliphatic rings. The van der Waals surface area contributed by atoms with Crippen LogP contribution < -0.4 is 5.32 Å². The molecule has 0 heterocycles. The lowest BCUT2D eigenvalue weighted by molar-refractivity contribution is -0.0524. The number of hydrogen-bond donors (Lipinski definition) is 2. The number of rotatable bonds is 11. The zero-order valence-corrected chi connectivity index (χ0v) is 26.3. The fourth-order valence-corrected chi connectivity index (χ4v) is 5.56. The minimum atomic E-state index is -0.918. The van der Waals surface area contributed by atoms with Gasteiger partial charge in [0, 0.05) is 18.3 Å². The fourth-order valence-electron chi connectivity index (χ4n) is 5.56. The maximum Gasteiger partial charge on any atom is 0.336 e. The van der Waals surface area contributed by atoms with Crippen LogP contribution in [0.2, 0.25) is 0 Å². The molecule has 2 unspecified atom stereocenters. The van der Waals surface area contributed by atoms with Gasteiger partial charge < -0.3 is 24.8 Å². The molecule has 0 aliphatic heterocycles. The first kappa shape index (κ1) is 33.6. The summed E-state index contributed by atoms with van der Waals surface area (Å²) in [6, 6.07) is 20.9. The van der Waals surface area contributed by atoms with Crippen molar-refractivity contribution in [3.63, 3.8) is 0 Å². The molecule has 2 aliphatic carbocycles. The highest BCUT2D eigenvalue weighted by molar-refractivity contribution is 5.91. The molecular weight excluding hydrogens is 570 g/mol. The molecule has 238 valence electrons. The number of benzene rings is 3. The van der Waals surface area contributed by atoms with E-state index in [0.29, 0.717) is 36.0 Å². The summed E-state index contributed by atoms with van der Waals surface area (Å²) in [5.41, 5.74) is 5.36. The van der Waals surface area contributed by atoms with E-state index < -0.39 is 5.97 Å². The number of urea groups is 1. The number of isocyanates is 1. The van der Waals surface area contributed by atoms with E-state index >= 15 is 0 Å². The number of ether oxygens (including phenoxy) is 2. The second-order valence-electron chi connectivity index (χ2n) is 11.7. The van der Waals surface area contributed by atoms with Crippen molar-refractivity contribution >= 4 is 29.5 Å². The molecule has 5 rings (SSSR count). The summed E-state index contributed by atoms with van der Waals surface area (Å²) in [5.74, 6) is -0.918. The molecule has 0 aromatic heterocycles. The average Bonchev–Trinajstić information content (AvgIpc) is 3.86. The lowest BCUT2D eigenvalue weighted by Gasteiger charge is -2.30. The number of amides is 2. The number of carboxylic acid groups (broad SMARTS) is 1. The summed E-state index contributed by atoms with van der Waals surface area (Å²) in [6.07, 6.45) is 7.42. The number of hydrogen-bond acceptors (Lipinski definition) is 6. The SMILES string of the molecule is Cc1ccccc1N=C=O.Cc1ccccc1NC(=O)N(CCOC1CCCC(OCc2cccc(C)c2C(=O)O)C1)C1CC1. The number of nitrogens with zero attached hydrogens (tertiary/aromatic N) is 2. The molecular formula is C36H43N3O6. The van der Waals surface area contributed by atoms with Crippen molar-refractivity contribution in [1.29, 1.82) is 0 Å². The lowest BCUT2D eigenvalue weighted by atomic mass is 9.94. The van der Waals surface area contributed by atoms with Gasteiger partial charge in [-0.15, -0.1) is 0 Å². The molecule has 3 aromatic rings. The maximum absolute atomic E-state index is 12.9. The number of nitrogens with one attached hydrogen (secondary N) is 1. The number of aryl methyl sites for hydroxylation is 3. The van der Waals surface area contributed by atoms with Crippen LogP contribution in [0.4, 0.5) is 16.2 Å². The number of carbonyl (C=O) groups excluding carboxylic acids is 2. The van der Waals surface area contributed by atoms with E-state index in [2.05, 4.69) is 10.3 Å². The van der Waals surface area contributed by atoms with Gasteiger partial charge >= 0.3 is 12.0 Å². The van der Waals surface area contributed by atoms with Gasteiger partial charge in [-0.05, 0) is 93.7 Å². The van der Waals surface area contributed by atoms with E-state index in [1.54, 1.807) is 6.07 Å². The van der Waals surface area contributed by atoms with Gasteiger partial charge in [-0.3, -0.25) is 0 Å². The number of para-hydroxylation sites is 2. The van der Waals surface area contributed by atoms with Crippen molar-refractivity contribution in [1.82, 2.24) is 4.90 Å². The van der Waals surface area contributed by atoms with Crippen molar-refractivity contribution in [2.45, 2.75) is 84.2 Å². The molecule has 9 nitrogen and oxygen atoms in total. The average molecular weight is 614 g/mol. The normalized spacial score (nSPS) is 17.3. The van der Waals surface area contributed by atoms with Gasteiger partial charge in [-0.25, -0.2) is 14.4 Å². The maximum atomic E-state index is 12.9. The van der Waals surface area contributed by atoms with Gasteiger partial charge in [-0.1, -0.05) is 54.6 Å². The van der Waals surface area contributed by atoms with E-state index in [-0.39, 0.29) is 24.8 Å². The Morgan fingerprint density at radius 2 is 1.56 bits per heavy atom. The number of anilines is 1. The first-order valence-electron chi connectivity index (χ1n) is 15.6. The Kier molecular flexibility index (Phi) is 12.5. The predicted octanol–water partition coefficient (Wildman–Crippen LogP) is 7.50. The van der Waals surface area contributed by atoms with E-state index in [9.17, 15) is 19.5 Å². The van der Waals surface area contributed by atoms with Crippen LogP contribution in [0.5, 0.6) is 0 Å². The quantitative estimate of drug-likeness (QED) is 0.171. The van der Waals surface area contributed by atoms with Crippen LogP contribution in [0.15, 0.2) is 71.7 Å². The third-order valence-corrected chi connectivity index (χ3v) is 8.23. The van der Waals surface area contributed by atoms with Gasteiger partial charge in [0.15, 0.2) is 0 Å². The molecule has 2 fully saturated rings. The first-order valence-corrected chi connectivity index (χ1v) is 15.6. The molecule has 2 saturated carbocycles. The summed E-state index contributed by atoms with van der Waals surface area (Å²) in [5, 5.41) is 12.6. The van der Waals surface area contributed by atoms with Crippen molar-refractivity contribution in [3.05, 3.63) is 94.5 Å². The lowest BCUT2D eigenvalue weighted by Crippen LogP contribution is -2.40. The van der Waals surface area contributed by atoms with E-state index in [1.807, 2.05) is 86.3 Å². The van der Waals surface area contributed by atoms with E-state index in [1.165, 1.54) is 6.08 Å². The predicted molar refractivity (Wildman–Crippen MR) is 174 cm³/mol. The van der Waals surface area contributed by atoms with Gasteiger partial charge in [0.05, 0.1) is 36.7 Å². The molecule has 2 atom stereocenters. The Morgan fingerprint density at radius 3 is 2.22 bits per heavy atom. The van der Waals surface area contributed by atoms with Gasteiger partial charge in [0.2, 0.25) is 6.08 Å². The third-order valence-electron chi connectivity index (χ3n) is 8.23. The molecule has 45 heavy (non-hydrogen) atoms. The number of carboxylic acids is 1. The Bertz CT molecular complexity index is 1500. The minimum absolute atomic E-state index is 0.0415. The van der Waals surface area contributed by atoms with Crippen molar-refractivity contribution in [2.75, 3.05) is 18.5 Å². The Balaban J connectivity index is 0.000000392. The monoisotopic (exact) mass is 613 g/mol. The molecule has 0 bridgehead atoms. The van der Waals surface area contributed by atoms with Crippen LogP contribution in [0.1, 0.15) is 71.1 Å². The number of carbonyl (C=O) groups is 2. The topological polar surface area (TPSA) is 118 Å². The largest absolute Gasteiger partial charge is 0.478 e. The summed E-state index contributed by atoms with van der Waals surface area (Å²) >= 11 is 0. The molecule has 2 N–H and O–H groups in total. The molecule has 0 spiro atoms. The van der Waals surface area contributed by atoms with E-state index in [4.69, 9.17) is 9.47 Å². The van der Waals surface area contributed by atoms with Crippen LogP contribution in [-0.4, -0.2) is 59.5 Å². The Labute approximate surface area is 265 Å².